The fourth-order valence-electron chi connectivity index (χ4n) is 2.84. The quantitative estimate of drug-likeness (QED) is 0.829. The molecule has 6 nitrogen and oxygen atoms in total. The summed E-state index contributed by atoms with van der Waals surface area (Å²) >= 11 is 1.66. The molecule has 2 atom stereocenters. The van der Waals surface area contributed by atoms with Crippen molar-refractivity contribution < 1.29 is 9.59 Å². The first-order chi connectivity index (χ1) is 10.6. The van der Waals surface area contributed by atoms with Gasteiger partial charge in [0.25, 0.3) is 5.91 Å². The lowest BCUT2D eigenvalue weighted by Crippen LogP contribution is -2.46. The highest BCUT2D eigenvalue weighted by Crippen LogP contribution is 2.25. The molecule has 1 aliphatic rings. The van der Waals surface area contributed by atoms with Crippen molar-refractivity contribution in [2.24, 2.45) is 0 Å². The lowest BCUT2D eigenvalue weighted by molar-refractivity contribution is -0.122. The van der Waals surface area contributed by atoms with Crippen molar-refractivity contribution in [3.63, 3.8) is 0 Å². The summed E-state index contributed by atoms with van der Waals surface area (Å²) in [4.78, 5) is 28.8. The van der Waals surface area contributed by atoms with Crippen LogP contribution in [0.3, 0.4) is 0 Å². The molecule has 0 spiro atoms. The zero-order valence-corrected chi connectivity index (χ0v) is 14.2. The van der Waals surface area contributed by atoms with E-state index in [0.717, 1.165) is 30.8 Å². The third-order valence-corrected chi connectivity index (χ3v) is 4.69. The number of nitrogens with zero attached hydrogens (tertiary/aromatic N) is 2. The molecule has 0 fully saturated rings. The van der Waals surface area contributed by atoms with Gasteiger partial charge in [0.05, 0.1) is 6.20 Å². The molecule has 0 bridgehead atoms. The van der Waals surface area contributed by atoms with E-state index in [-0.39, 0.29) is 17.9 Å². The SMILES string of the molecule is CNC(=O)[C@H](CCSC)NC(=O)c1cnc2n1C(C)CCC2. The van der Waals surface area contributed by atoms with E-state index in [1.165, 1.54) is 0 Å². The standard InChI is InChI=1S/C15H24N4O2S/c1-10-5-4-6-13-17-9-12(19(10)13)15(21)18-11(7-8-22-3)14(20)16-2/h9-11H,4-8H2,1-3H3,(H,16,20)(H,18,21)/t10?,11-/m0/s1. The number of carbonyl (C=O) groups is 2. The molecular weight excluding hydrogens is 300 g/mol. The zero-order chi connectivity index (χ0) is 16.1. The minimum atomic E-state index is -0.505. The monoisotopic (exact) mass is 324 g/mol. The van der Waals surface area contributed by atoms with Crippen molar-refractivity contribution in [1.82, 2.24) is 20.2 Å². The van der Waals surface area contributed by atoms with Gasteiger partial charge in [0.15, 0.2) is 0 Å². The zero-order valence-electron chi connectivity index (χ0n) is 13.4. The van der Waals surface area contributed by atoms with Gasteiger partial charge in [-0.05, 0) is 38.2 Å². The maximum Gasteiger partial charge on any atom is 0.270 e. The predicted octanol–water partition coefficient (Wildman–Crippen LogP) is 1.38. The first-order valence-corrected chi connectivity index (χ1v) is 9.05. The molecule has 1 aromatic rings. The molecular formula is C15H24N4O2S. The summed E-state index contributed by atoms with van der Waals surface area (Å²) in [6.07, 6.45) is 7.29. The van der Waals surface area contributed by atoms with Crippen molar-refractivity contribution >= 4 is 23.6 Å². The van der Waals surface area contributed by atoms with Gasteiger partial charge in [-0.25, -0.2) is 4.98 Å². The van der Waals surface area contributed by atoms with E-state index >= 15 is 0 Å². The van der Waals surface area contributed by atoms with Crippen LogP contribution in [0.4, 0.5) is 0 Å². The smallest absolute Gasteiger partial charge is 0.270 e. The van der Waals surface area contributed by atoms with E-state index in [9.17, 15) is 9.59 Å². The average molecular weight is 324 g/mol. The minimum Gasteiger partial charge on any atom is -0.357 e. The van der Waals surface area contributed by atoms with Gasteiger partial charge in [0.2, 0.25) is 5.91 Å². The number of imidazole rings is 1. The van der Waals surface area contributed by atoms with Crippen LogP contribution in [0.5, 0.6) is 0 Å². The van der Waals surface area contributed by atoms with Gasteiger partial charge in [-0.3, -0.25) is 9.59 Å². The molecule has 122 valence electrons. The van der Waals surface area contributed by atoms with E-state index in [2.05, 4.69) is 22.5 Å². The molecule has 0 saturated heterocycles. The van der Waals surface area contributed by atoms with Crippen LogP contribution in [0.25, 0.3) is 0 Å². The molecule has 2 heterocycles. The Morgan fingerprint density at radius 3 is 3.00 bits per heavy atom. The first kappa shape index (κ1) is 16.9. The highest BCUT2D eigenvalue weighted by molar-refractivity contribution is 7.98. The number of nitrogens with one attached hydrogen (secondary N) is 2. The average Bonchev–Trinajstić information content (AvgIpc) is 2.96. The summed E-state index contributed by atoms with van der Waals surface area (Å²) in [6, 6.07) is -0.230. The molecule has 0 aliphatic carbocycles. The summed E-state index contributed by atoms with van der Waals surface area (Å²) in [5, 5.41) is 5.46. The summed E-state index contributed by atoms with van der Waals surface area (Å²) in [7, 11) is 1.59. The van der Waals surface area contributed by atoms with Crippen LogP contribution in [-0.4, -0.2) is 46.5 Å². The normalized spacial score (nSPS) is 18.4. The fourth-order valence-corrected chi connectivity index (χ4v) is 3.31. The van der Waals surface area contributed by atoms with Crippen molar-refractivity contribution in [1.29, 1.82) is 0 Å². The Morgan fingerprint density at radius 2 is 2.32 bits per heavy atom. The Balaban J connectivity index is 2.13. The lowest BCUT2D eigenvalue weighted by Gasteiger charge is -2.24. The fraction of sp³-hybridized carbons (Fsp3) is 0.667. The number of fused-ring (bicyclic) bond motifs is 1. The molecule has 2 rings (SSSR count). The number of thioether (sulfide) groups is 1. The number of carbonyl (C=O) groups excluding carboxylic acids is 2. The van der Waals surface area contributed by atoms with E-state index < -0.39 is 6.04 Å². The van der Waals surface area contributed by atoms with Crippen LogP contribution >= 0.6 is 11.8 Å². The van der Waals surface area contributed by atoms with Gasteiger partial charge in [-0.1, -0.05) is 0 Å². The largest absolute Gasteiger partial charge is 0.357 e. The molecule has 1 aliphatic heterocycles. The maximum absolute atomic E-state index is 12.6. The van der Waals surface area contributed by atoms with E-state index in [4.69, 9.17) is 0 Å². The number of likely N-dealkylation sites (N-methyl/N-ethyl adjacent to an activating group) is 1. The van der Waals surface area contributed by atoms with Crippen LogP contribution in [0.1, 0.15) is 48.5 Å². The topological polar surface area (TPSA) is 76.0 Å². The van der Waals surface area contributed by atoms with Crippen molar-refractivity contribution in [2.75, 3.05) is 19.1 Å². The molecule has 7 heteroatoms. The molecule has 22 heavy (non-hydrogen) atoms. The summed E-state index contributed by atoms with van der Waals surface area (Å²) in [5.74, 6) is 1.40. The number of aryl methyl sites for hydroxylation is 1. The van der Waals surface area contributed by atoms with E-state index in [1.54, 1.807) is 25.0 Å². The highest BCUT2D eigenvalue weighted by atomic mass is 32.2. The molecule has 0 radical (unpaired) electrons. The molecule has 0 saturated carbocycles. The second kappa shape index (κ2) is 7.67. The number of hydrogen-bond acceptors (Lipinski definition) is 4. The molecule has 2 N–H and O–H groups in total. The van der Waals surface area contributed by atoms with Crippen LogP contribution in [0, 0.1) is 0 Å². The molecule has 2 amide bonds. The Kier molecular flexibility index (Phi) is 5.88. The van der Waals surface area contributed by atoms with Crippen LogP contribution < -0.4 is 10.6 Å². The van der Waals surface area contributed by atoms with Gasteiger partial charge >= 0.3 is 0 Å². The van der Waals surface area contributed by atoms with Crippen LogP contribution in [0.15, 0.2) is 6.20 Å². The number of amides is 2. The van der Waals surface area contributed by atoms with Gasteiger partial charge in [-0.2, -0.15) is 11.8 Å². The minimum absolute atomic E-state index is 0.158. The van der Waals surface area contributed by atoms with Crippen LogP contribution in [0.2, 0.25) is 0 Å². The second-order valence-corrected chi connectivity index (χ2v) is 6.58. The maximum atomic E-state index is 12.6. The van der Waals surface area contributed by atoms with Gasteiger partial charge in [0, 0.05) is 19.5 Å². The van der Waals surface area contributed by atoms with E-state index in [0.29, 0.717) is 12.1 Å². The number of rotatable bonds is 6. The third-order valence-electron chi connectivity index (χ3n) is 4.05. The first-order valence-electron chi connectivity index (χ1n) is 7.66. The Hall–Kier alpha value is -1.50. The summed E-state index contributed by atoms with van der Waals surface area (Å²) < 4.78 is 2.01. The number of aromatic nitrogens is 2. The molecule has 1 unspecified atom stereocenters. The Labute approximate surface area is 135 Å². The predicted molar refractivity (Wildman–Crippen MR) is 88.2 cm³/mol. The van der Waals surface area contributed by atoms with Crippen molar-refractivity contribution in [3.05, 3.63) is 17.7 Å². The second-order valence-electron chi connectivity index (χ2n) is 5.59. The van der Waals surface area contributed by atoms with E-state index in [1.807, 2.05) is 10.8 Å². The lowest BCUT2D eigenvalue weighted by atomic mass is 10.1. The van der Waals surface area contributed by atoms with Crippen molar-refractivity contribution in [2.45, 2.75) is 44.7 Å². The van der Waals surface area contributed by atoms with Crippen LogP contribution in [-0.2, 0) is 11.2 Å². The molecule has 1 aromatic heterocycles. The molecule has 0 aromatic carbocycles. The van der Waals surface area contributed by atoms with Crippen molar-refractivity contribution in [3.8, 4) is 0 Å². The third kappa shape index (κ3) is 3.63. The Morgan fingerprint density at radius 1 is 1.55 bits per heavy atom. The summed E-state index contributed by atoms with van der Waals surface area (Å²) in [6.45, 7) is 2.10. The number of hydrogen-bond donors (Lipinski definition) is 2. The van der Waals surface area contributed by atoms with Gasteiger partial charge < -0.3 is 15.2 Å². The summed E-state index contributed by atoms with van der Waals surface area (Å²) in [5.41, 5.74) is 0.556. The highest BCUT2D eigenvalue weighted by Gasteiger charge is 2.26. The van der Waals surface area contributed by atoms with Gasteiger partial charge in [0.1, 0.15) is 17.6 Å². The van der Waals surface area contributed by atoms with Gasteiger partial charge in [-0.15, -0.1) is 0 Å². The Bertz CT molecular complexity index is 544.